The minimum Gasteiger partial charge on any atom is -0.369 e. The number of nitrogens with one attached hydrogen (secondary N) is 3. The number of amides is 2. The first-order valence-electron chi connectivity index (χ1n) is 13.7. The molecule has 0 fully saturated rings. The number of hydrogen-bond acceptors (Lipinski definition) is 7. The van der Waals surface area contributed by atoms with E-state index >= 15 is 0 Å². The summed E-state index contributed by atoms with van der Waals surface area (Å²) < 4.78 is 13.5. The van der Waals surface area contributed by atoms with Crippen LogP contribution in [0, 0.1) is 17.7 Å². The quantitative estimate of drug-likeness (QED) is 0.136. The third-order valence-electron chi connectivity index (χ3n) is 5.67. The first kappa shape index (κ1) is 33.0. The Morgan fingerprint density at radius 1 is 1.17 bits per heavy atom. The fourth-order valence-electron chi connectivity index (χ4n) is 3.56. The van der Waals surface area contributed by atoms with Crippen molar-refractivity contribution >= 4 is 29.3 Å². The molecule has 1 unspecified atom stereocenters. The highest BCUT2D eigenvalue weighted by atomic mass is 19.1. The van der Waals surface area contributed by atoms with Gasteiger partial charge in [-0.1, -0.05) is 42.6 Å². The molecule has 1 heterocycles. The third-order valence-corrected chi connectivity index (χ3v) is 5.67. The number of allylic oxidation sites excluding steroid dienone is 1. The first-order valence-corrected chi connectivity index (χ1v) is 13.7. The fraction of sp³-hybridized carbons (Fsp3) is 0.419. The Labute approximate surface area is 243 Å². The molecule has 9 nitrogen and oxygen atoms in total. The summed E-state index contributed by atoms with van der Waals surface area (Å²) >= 11 is 0. The van der Waals surface area contributed by atoms with Gasteiger partial charge in [0.2, 0.25) is 17.8 Å². The molecule has 2 aromatic rings. The van der Waals surface area contributed by atoms with Gasteiger partial charge in [0.05, 0.1) is 11.8 Å². The van der Waals surface area contributed by atoms with Gasteiger partial charge in [0, 0.05) is 44.9 Å². The zero-order valence-electron chi connectivity index (χ0n) is 24.9. The lowest BCUT2D eigenvalue weighted by atomic mass is 10.1. The van der Waals surface area contributed by atoms with Gasteiger partial charge in [-0.15, -0.1) is 0 Å². The number of hydrogen-bond donors (Lipinski definition) is 3. The van der Waals surface area contributed by atoms with Crippen LogP contribution in [-0.2, 0) is 9.59 Å². The highest BCUT2D eigenvalue weighted by molar-refractivity contribution is 5.93. The molecule has 1 aromatic carbocycles. The Hall–Kier alpha value is -4.23. The second kappa shape index (κ2) is 17.5. The van der Waals surface area contributed by atoms with Crippen molar-refractivity contribution in [1.29, 1.82) is 0 Å². The monoisotopic (exact) mass is 563 g/mol. The molecule has 0 saturated carbocycles. The van der Waals surface area contributed by atoms with E-state index in [1.807, 2.05) is 32.8 Å². The molecule has 2 amide bonds. The Morgan fingerprint density at radius 2 is 1.95 bits per heavy atom. The van der Waals surface area contributed by atoms with Crippen LogP contribution in [0.25, 0.3) is 0 Å². The number of rotatable bonds is 14. The summed E-state index contributed by atoms with van der Waals surface area (Å²) in [4.78, 5) is 37.7. The number of halogens is 1. The number of likely N-dealkylation sites (N-methyl/N-ethyl adjacent to an activating group) is 2. The highest BCUT2D eigenvalue weighted by Crippen LogP contribution is 2.18. The molecular weight excluding hydrogens is 521 g/mol. The number of benzene rings is 1. The Morgan fingerprint density at radius 3 is 2.63 bits per heavy atom. The van der Waals surface area contributed by atoms with E-state index in [1.165, 1.54) is 23.1 Å². The van der Waals surface area contributed by atoms with Crippen molar-refractivity contribution in [3.63, 3.8) is 0 Å². The van der Waals surface area contributed by atoms with E-state index in [0.717, 1.165) is 12.0 Å². The molecule has 0 aliphatic rings. The van der Waals surface area contributed by atoms with E-state index in [1.54, 1.807) is 37.5 Å². The minimum atomic E-state index is -0.702. The molecule has 2 rings (SSSR count). The number of unbranched alkanes of at least 4 members (excludes halogenated alkanes) is 1. The van der Waals surface area contributed by atoms with Crippen LogP contribution in [-0.4, -0.2) is 78.4 Å². The summed E-state index contributed by atoms with van der Waals surface area (Å²) in [5, 5.41) is 9.19. The van der Waals surface area contributed by atoms with E-state index in [-0.39, 0.29) is 17.6 Å². The minimum absolute atomic E-state index is 0.234. The van der Waals surface area contributed by atoms with Gasteiger partial charge in [-0.3, -0.25) is 9.59 Å². The molecule has 3 N–H and O–H groups in total. The normalized spacial score (nSPS) is 11.4. The fourth-order valence-corrected chi connectivity index (χ4v) is 3.56. The zero-order chi connectivity index (χ0) is 30.2. The van der Waals surface area contributed by atoms with Crippen LogP contribution in [0.1, 0.15) is 45.6 Å². The van der Waals surface area contributed by atoms with Crippen molar-refractivity contribution in [2.75, 3.05) is 51.4 Å². The lowest BCUT2D eigenvalue weighted by Gasteiger charge is -2.24. The highest BCUT2D eigenvalue weighted by Gasteiger charge is 2.23. The van der Waals surface area contributed by atoms with Gasteiger partial charge in [-0.25, -0.2) is 9.37 Å². The van der Waals surface area contributed by atoms with Crippen LogP contribution in [0.3, 0.4) is 0 Å². The number of anilines is 3. The van der Waals surface area contributed by atoms with Crippen LogP contribution < -0.4 is 16.0 Å². The topological polar surface area (TPSA) is 102 Å². The van der Waals surface area contributed by atoms with Gasteiger partial charge in [-0.2, -0.15) is 4.98 Å². The summed E-state index contributed by atoms with van der Waals surface area (Å²) in [5.74, 6) is 6.34. The number of nitrogens with zero attached hydrogens (tertiary/aromatic N) is 4. The Balaban J connectivity index is 1.97. The summed E-state index contributed by atoms with van der Waals surface area (Å²) in [7, 11) is 5.47. The van der Waals surface area contributed by atoms with Crippen molar-refractivity contribution < 1.29 is 14.0 Å². The van der Waals surface area contributed by atoms with E-state index in [9.17, 15) is 14.0 Å². The molecule has 0 aliphatic heterocycles. The molecule has 41 heavy (non-hydrogen) atoms. The van der Waals surface area contributed by atoms with Crippen molar-refractivity contribution in [2.24, 2.45) is 0 Å². The third kappa shape index (κ3) is 12.2. The van der Waals surface area contributed by atoms with Gasteiger partial charge >= 0.3 is 0 Å². The lowest BCUT2D eigenvalue weighted by Crippen LogP contribution is -2.46. The van der Waals surface area contributed by atoms with E-state index in [4.69, 9.17) is 0 Å². The van der Waals surface area contributed by atoms with Crippen LogP contribution in [0.5, 0.6) is 0 Å². The van der Waals surface area contributed by atoms with E-state index in [2.05, 4.69) is 44.7 Å². The smallest absolute Gasteiger partial charge is 0.246 e. The van der Waals surface area contributed by atoms with Gasteiger partial charge in [0.15, 0.2) is 0 Å². The molecule has 0 bridgehead atoms. The summed E-state index contributed by atoms with van der Waals surface area (Å²) in [5.41, 5.74) is 2.15. The molecule has 0 spiro atoms. The van der Waals surface area contributed by atoms with E-state index < -0.39 is 6.04 Å². The summed E-state index contributed by atoms with van der Waals surface area (Å²) in [6, 6.07) is 5.39. The predicted octanol–water partition coefficient (Wildman–Crippen LogP) is 4.34. The second-order valence-electron chi connectivity index (χ2n) is 10.0. The number of carbonyl (C=O) groups excluding carboxylic acids is 2. The standard InChI is InChI=1S/C31H42FN7O2/c1-7-17-33-29-24(22-35-31(37-29)36-26-15-11-14-25(32)21-26)13-9-8-10-18-34-30(41)27(20-23(2)3)39(6)28(40)16-12-19-38(4)5/h11-12,14-16,20-22,27H,7-8,10,17-19H2,1-6H3,(H,34,41)(H2,33,35,36,37)/b16-12+. The maximum atomic E-state index is 13.5. The number of carbonyl (C=O) groups is 2. The molecule has 0 radical (unpaired) electrons. The van der Waals surface area contributed by atoms with Gasteiger partial charge in [0.25, 0.3) is 0 Å². The van der Waals surface area contributed by atoms with Gasteiger partial charge in [-0.05, 0) is 59.0 Å². The first-order chi connectivity index (χ1) is 19.6. The van der Waals surface area contributed by atoms with E-state index in [0.29, 0.717) is 55.5 Å². The second-order valence-corrected chi connectivity index (χ2v) is 10.0. The SMILES string of the molecule is CCCNc1nc(Nc2cccc(F)c2)ncc1C#CCCCNC(=O)C(C=C(C)C)N(C)C(=O)/C=C/CN(C)C. The summed E-state index contributed by atoms with van der Waals surface area (Å²) in [6.45, 7) is 7.62. The molecule has 0 aliphatic carbocycles. The zero-order valence-corrected chi connectivity index (χ0v) is 24.9. The predicted molar refractivity (Wildman–Crippen MR) is 163 cm³/mol. The maximum absolute atomic E-state index is 13.5. The van der Waals surface area contributed by atoms with Crippen molar-refractivity contribution in [3.8, 4) is 11.8 Å². The van der Waals surface area contributed by atoms with Crippen molar-refractivity contribution in [1.82, 2.24) is 25.1 Å². The molecule has 10 heteroatoms. The van der Waals surface area contributed by atoms with Gasteiger partial charge < -0.3 is 25.8 Å². The van der Waals surface area contributed by atoms with Crippen molar-refractivity contribution in [3.05, 3.63) is 65.6 Å². The molecule has 0 saturated heterocycles. The molecular formula is C31H42FN7O2. The van der Waals surface area contributed by atoms with Gasteiger partial charge in [0.1, 0.15) is 17.7 Å². The Bertz CT molecular complexity index is 1280. The average Bonchev–Trinajstić information content (AvgIpc) is 2.92. The lowest BCUT2D eigenvalue weighted by molar-refractivity contribution is -0.134. The molecule has 1 atom stereocenters. The average molecular weight is 564 g/mol. The van der Waals surface area contributed by atoms with Crippen LogP contribution in [0.15, 0.2) is 54.3 Å². The van der Waals surface area contributed by atoms with Crippen LogP contribution >= 0.6 is 0 Å². The largest absolute Gasteiger partial charge is 0.369 e. The summed E-state index contributed by atoms with van der Waals surface area (Å²) in [6.07, 6.45) is 8.77. The van der Waals surface area contributed by atoms with Crippen molar-refractivity contribution in [2.45, 2.75) is 46.1 Å². The molecule has 1 aromatic heterocycles. The Kier molecular flexibility index (Phi) is 14.0. The molecule has 220 valence electrons. The van der Waals surface area contributed by atoms with Crippen LogP contribution in [0.2, 0.25) is 0 Å². The van der Waals surface area contributed by atoms with Crippen LogP contribution in [0.4, 0.5) is 21.8 Å². The number of aromatic nitrogens is 2. The maximum Gasteiger partial charge on any atom is 0.246 e.